The Hall–Kier alpha value is -2.96. The van der Waals surface area contributed by atoms with Gasteiger partial charge in [0.2, 0.25) is 18.0 Å². The first-order chi connectivity index (χ1) is 22.5. The Morgan fingerprint density at radius 1 is 1.04 bits per heavy atom. The maximum atomic E-state index is 13.8. The number of aliphatic hydroxyl groups excluding tert-OH is 6. The fourth-order valence-corrected chi connectivity index (χ4v) is 9.57. The van der Waals surface area contributed by atoms with Gasteiger partial charge in [-0.1, -0.05) is 19.4 Å². The quantitative estimate of drug-likeness (QED) is 0.0974. The van der Waals surface area contributed by atoms with Gasteiger partial charge in [0.25, 0.3) is 0 Å². The van der Waals surface area contributed by atoms with Crippen molar-refractivity contribution in [1.29, 1.82) is 0 Å². The number of ether oxygens (including phenoxy) is 6. The van der Waals surface area contributed by atoms with Gasteiger partial charge in [-0.2, -0.15) is 0 Å². The number of carbonyl (C=O) groups is 4. The van der Waals surface area contributed by atoms with Gasteiger partial charge >= 0.3 is 17.9 Å². The molecule has 16 heteroatoms. The summed E-state index contributed by atoms with van der Waals surface area (Å²) in [5.74, 6) is -7.86. The highest BCUT2D eigenvalue weighted by Crippen LogP contribution is 2.72. The van der Waals surface area contributed by atoms with Crippen LogP contribution in [-0.2, 0) is 47.6 Å². The van der Waals surface area contributed by atoms with Crippen molar-refractivity contribution in [1.82, 2.24) is 0 Å². The molecule has 0 amide bonds. The SMILES string of the molecule is COC(=O)C12OCC34C(CC5C(C)C(=O)C(OC6OC(CO)C(O)C(O)C6O)=CC5(C)C3C(O)C1O)OC(=O)C(OC(=O)C=C(C)C)C24. The maximum absolute atomic E-state index is 13.8. The Morgan fingerprint density at radius 2 is 1.73 bits per heavy atom. The molecule has 2 bridgehead atoms. The standard InChI is InChI=1S/C32H42O16/c1-11(2)6-17(34)48-23-25-31-10-44-32(25,29(42)43-5)26(40)22(39)24(31)30(4)8-14(18(35)12(3)13(30)7-16(31)47-27(23)41)45-28-21(38)20(37)19(36)15(9-33)46-28/h6,8,12-13,15-16,19-26,28,33,36-40H,7,9-10H2,1-5H3. The maximum Gasteiger partial charge on any atom is 0.348 e. The molecule has 6 rings (SSSR count). The van der Waals surface area contributed by atoms with E-state index in [0.717, 1.165) is 13.2 Å². The number of aliphatic hydroxyl groups is 6. The molecule has 48 heavy (non-hydrogen) atoms. The van der Waals surface area contributed by atoms with Crippen LogP contribution in [0.3, 0.4) is 0 Å². The lowest BCUT2D eigenvalue weighted by atomic mass is 9.38. The summed E-state index contributed by atoms with van der Waals surface area (Å²) in [4.78, 5) is 53.9. The van der Waals surface area contributed by atoms with Gasteiger partial charge in [0.15, 0.2) is 11.5 Å². The second-order valence-corrected chi connectivity index (χ2v) is 14.3. The number of Topliss-reactive ketones (excluding diaryl/α,β-unsaturated/α-hetero) is 1. The van der Waals surface area contributed by atoms with Gasteiger partial charge in [-0.25, -0.2) is 14.4 Å². The highest BCUT2D eigenvalue weighted by atomic mass is 16.7. The molecular formula is C32H42O16. The molecule has 0 aromatic carbocycles. The van der Waals surface area contributed by atoms with Gasteiger partial charge in [0.05, 0.1) is 32.3 Å². The number of hydrogen-bond donors (Lipinski definition) is 6. The largest absolute Gasteiger partial charge is 0.467 e. The predicted molar refractivity (Wildman–Crippen MR) is 155 cm³/mol. The smallest absolute Gasteiger partial charge is 0.348 e. The van der Waals surface area contributed by atoms with Gasteiger partial charge in [-0.3, -0.25) is 4.79 Å². The number of hydrogen-bond acceptors (Lipinski definition) is 16. The molecule has 16 nitrogen and oxygen atoms in total. The Morgan fingerprint density at radius 3 is 2.35 bits per heavy atom. The zero-order chi connectivity index (χ0) is 35.2. The first-order valence-corrected chi connectivity index (χ1v) is 15.9. The van der Waals surface area contributed by atoms with Crippen LogP contribution in [0.25, 0.3) is 0 Å². The molecule has 0 aromatic rings. The van der Waals surface area contributed by atoms with Crippen molar-refractivity contribution in [2.24, 2.45) is 34.5 Å². The average molecular weight is 683 g/mol. The summed E-state index contributed by atoms with van der Waals surface area (Å²) in [6.07, 6.45) is -12.2. The normalized spacial score (nSPS) is 49.1. The summed E-state index contributed by atoms with van der Waals surface area (Å²) in [5.41, 5.74) is -4.52. The van der Waals surface area contributed by atoms with E-state index in [0.29, 0.717) is 5.57 Å². The van der Waals surface area contributed by atoms with Gasteiger partial charge in [-0.15, -0.1) is 0 Å². The Bertz CT molecular complexity index is 1440. The van der Waals surface area contributed by atoms with Crippen molar-refractivity contribution < 1.29 is 78.2 Å². The van der Waals surface area contributed by atoms with E-state index in [1.54, 1.807) is 27.7 Å². The molecule has 266 valence electrons. The van der Waals surface area contributed by atoms with E-state index >= 15 is 0 Å². The van der Waals surface area contributed by atoms with E-state index in [1.165, 1.54) is 6.08 Å². The zero-order valence-electron chi connectivity index (χ0n) is 27.0. The number of allylic oxidation sites excluding steroid dienone is 3. The van der Waals surface area contributed by atoms with Crippen molar-refractivity contribution in [2.45, 2.75) is 94.8 Å². The highest BCUT2D eigenvalue weighted by Gasteiger charge is 2.85. The van der Waals surface area contributed by atoms with Gasteiger partial charge in [-0.05, 0) is 37.7 Å². The van der Waals surface area contributed by atoms with Crippen LogP contribution < -0.4 is 0 Å². The molecule has 6 aliphatic rings. The lowest BCUT2D eigenvalue weighted by Gasteiger charge is -2.67. The molecule has 0 aromatic heterocycles. The number of rotatable bonds is 6. The summed E-state index contributed by atoms with van der Waals surface area (Å²) in [6.45, 7) is 5.53. The lowest BCUT2D eigenvalue weighted by Crippen LogP contribution is -2.79. The molecule has 3 aliphatic carbocycles. The van der Waals surface area contributed by atoms with E-state index in [9.17, 15) is 49.8 Å². The van der Waals surface area contributed by atoms with Crippen LogP contribution in [0.1, 0.15) is 34.1 Å². The van der Waals surface area contributed by atoms with Crippen molar-refractivity contribution in [2.75, 3.05) is 20.3 Å². The van der Waals surface area contributed by atoms with Crippen LogP contribution in [0.15, 0.2) is 23.5 Å². The van der Waals surface area contributed by atoms with Crippen LogP contribution in [-0.4, -0.2) is 135 Å². The van der Waals surface area contributed by atoms with Crippen LogP contribution in [0.2, 0.25) is 0 Å². The summed E-state index contributed by atoms with van der Waals surface area (Å²) in [6, 6.07) is 0. The van der Waals surface area contributed by atoms with Crippen LogP contribution >= 0.6 is 0 Å². The summed E-state index contributed by atoms with van der Waals surface area (Å²) >= 11 is 0. The second-order valence-electron chi connectivity index (χ2n) is 14.3. The molecule has 6 N–H and O–H groups in total. The number of carbonyl (C=O) groups excluding carboxylic acids is 4. The summed E-state index contributed by atoms with van der Waals surface area (Å²) < 4.78 is 34.1. The number of ketones is 1. The molecular weight excluding hydrogens is 640 g/mol. The van der Waals surface area contributed by atoms with Gasteiger partial charge in [0, 0.05) is 23.3 Å². The summed E-state index contributed by atoms with van der Waals surface area (Å²) in [7, 11) is 1.05. The average Bonchev–Trinajstić information content (AvgIpc) is 3.34. The molecule has 16 unspecified atom stereocenters. The first-order valence-electron chi connectivity index (χ1n) is 15.9. The monoisotopic (exact) mass is 682 g/mol. The van der Waals surface area contributed by atoms with Gasteiger partial charge in [0.1, 0.15) is 36.6 Å². The molecule has 3 saturated heterocycles. The molecule has 3 heterocycles. The van der Waals surface area contributed by atoms with E-state index in [-0.39, 0.29) is 18.8 Å². The minimum Gasteiger partial charge on any atom is -0.467 e. The molecule has 3 aliphatic heterocycles. The van der Waals surface area contributed by atoms with E-state index in [4.69, 9.17) is 28.4 Å². The molecule has 2 saturated carbocycles. The van der Waals surface area contributed by atoms with E-state index in [2.05, 4.69) is 0 Å². The van der Waals surface area contributed by atoms with Crippen LogP contribution in [0.4, 0.5) is 0 Å². The first kappa shape index (κ1) is 34.9. The topological polar surface area (TPSA) is 245 Å². The lowest BCUT2D eigenvalue weighted by molar-refractivity contribution is -0.296. The summed E-state index contributed by atoms with van der Waals surface area (Å²) in [5, 5.41) is 64.6. The third kappa shape index (κ3) is 4.57. The van der Waals surface area contributed by atoms with E-state index in [1.807, 2.05) is 0 Å². The van der Waals surface area contributed by atoms with Crippen molar-refractivity contribution in [3.05, 3.63) is 23.5 Å². The molecule has 5 fully saturated rings. The van der Waals surface area contributed by atoms with Gasteiger partial charge < -0.3 is 59.1 Å². The number of fused-ring (bicyclic) bond motifs is 2. The van der Waals surface area contributed by atoms with Crippen LogP contribution in [0.5, 0.6) is 0 Å². The van der Waals surface area contributed by atoms with Crippen molar-refractivity contribution in [3.63, 3.8) is 0 Å². The van der Waals surface area contributed by atoms with Crippen molar-refractivity contribution >= 4 is 23.7 Å². The molecule has 16 atom stereocenters. The fourth-order valence-electron chi connectivity index (χ4n) is 9.57. The Balaban J connectivity index is 1.48. The molecule has 1 spiro atoms. The number of esters is 3. The third-order valence-corrected chi connectivity index (χ3v) is 11.6. The zero-order valence-corrected chi connectivity index (χ0v) is 27.0. The van der Waals surface area contributed by atoms with Crippen molar-refractivity contribution in [3.8, 4) is 0 Å². The Kier molecular flexibility index (Phi) is 8.60. The minimum absolute atomic E-state index is 0.0457. The fraction of sp³-hybridized carbons (Fsp3) is 0.750. The van der Waals surface area contributed by atoms with E-state index < -0.39 is 126 Å². The second kappa shape index (κ2) is 11.8. The van der Waals surface area contributed by atoms with Crippen LogP contribution in [0, 0.1) is 34.5 Å². The minimum atomic E-state index is -2.34. The highest BCUT2D eigenvalue weighted by molar-refractivity contribution is 5.97. The Labute approximate surface area is 275 Å². The predicted octanol–water partition coefficient (Wildman–Crippen LogP) is -2.37. The molecule has 0 radical (unpaired) electrons. The number of methoxy groups -OCH3 is 1. The third-order valence-electron chi connectivity index (χ3n) is 11.6.